The third-order valence-electron chi connectivity index (χ3n) is 4.92. The summed E-state index contributed by atoms with van der Waals surface area (Å²) in [6.07, 6.45) is 0. The number of hydrogen-bond donors (Lipinski definition) is 3. The predicted molar refractivity (Wildman–Crippen MR) is 131 cm³/mol. The summed E-state index contributed by atoms with van der Waals surface area (Å²) >= 11 is 5.93. The molecule has 176 valence electrons. The Labute approximate surface area is 198 Å². The minimum atomic E-state index is -4.16. The first kappa shape index (κ1) is 24.7. The van der Waals surface area contributed by atoms with Crippen molar-refractivity contribution < 1.29 is 22.7 Å². The number of rotatable bonds is 4. The highest BCUT2D eigenvalue weighted by atomic mass is 35.5. The highest BCUT2D eigenvalue weighted by Crippen LogP contribution is 2.35. The van der Waals surface area contributed by atoms with Crippen LogP contribution < -0.4 is 16.1 Å². The number of phenols is 1. The Hall–Kier alpha value is -2.99. The van der Waals surface area contributed by atoms with Crippen LogP contribution in [0, 0.1) is 5.41 Å². The fourth-order valence-corrected chi connectivity index (χ4v) is 4.19. The van der Waals surface area contributed by atoms with Crippen molar-refractivity contribution in [2.24, 2.45) is 14.2 Å². The first-order valence-electron chi connectivity index (χ1n) is 9.98. The summed E-state index contributed by atoms with van der Waals surface area (Å²) in [5.41, 5.74) is 0.325. The van der Waals surface area contributed by atoms with Gasteiger partial charge in [-0.25, -0.2) is 0 Å². The fourth-order valence-electron chi connectivity index (χ4n) is 3.26. The van der Waals surface area contributed by atoms with Crippen LogP contribution in [0.2, 0.25) is 5.22 Å². The smallest absolute Gasteiger partial charge is 0.367 e. The number of anilines is 1. The van der Waals surface area contributed by atoms with Gasteiger partial charge >= 0.3 is 10.2 Å². The lowest BCUT2D eigenvalue weighted by molar-refractivity contribution is 0.0826. The number of carbonyl (C=O) groups is 1. The van der Waals surface area contributed by atoms with E-state index in [2.05, 4.69) is 19.4 Å². The zero-order chi connectivity index (χ0) is 24.7. The van der Waals surface area contributed by atoms with Crippen molar-refractivity contribution in [1.82, 2.24) is 10.2 Å². The van der Waals surface area contributed by atoms with Gasteiger partial charge in [-0.1, -0.05) is 32.3 Å². The fraction of sp³-hybridized carbons (Fsp3) is 0.350. The van der Waals surface area contributed by atoms with Crippen molar-refractivity contribution in [2.45, 2.75) is 26.8 Å². The van der Waals surface area contributed by atoms with Gasteiger partial charge in [-0.05, 0) is 35.2 Å². The molecule has 2 heterocycles. The average Bonchev–Trinajstić information content (AvgIpc) is 3.22. The molecule has 3 N–H and O–H groups in total. The maximum absolute atomic E-state index is 12.5. The number of phenolic OH excluding ortho intramolecular Hbond substituents is 1. The lowest BCUT2D eigenvalue weighted by atomic mass is 9.85. The number of nitrogens with zero attached hydrogens (tertiary/aromatic N) is 3. The van der Waals surface area contributed by atoms with Crippen LogP contribution in [0.5, 0.6) is 5.75 Å². The van der Waals surface area contributed by atoms with Crippen molar-refractivity contribution in [3.05, 3.63) is 40.8 Å². The molecule has 0 spiro atoms. The van der Waals surface area contributed by atoms with Gasteiger partial charge in [0.15, 0.2) is 22.6 Å². The molecule has 0 fully saturated rings. The molecule has 33 heavy (non-hydrogen) atoms. The minimum Gasteiger partial charge on any atom is -0.505 e. The summed E-state index contributed by atoms with van der Waals surface area (Å²) in [5, 5.41) is 16.8. The Bertz CT molecular complexity index is 1260. The molecule has 1 aliphatic rings. The summed E-state index contributed by atoms with van der Waals surface area (Å²) in [4.78, 5) is 13.8. The topological polar surface area (TPSA) is 137 Å². The van der Waals surface area contributed by atoms with Gasteiger partial charge in [-0.2, -0.15) is 8.42 Å². The van der Waals surface area contributed by atoms with Gasteiger partial charge in [0, 0.05) is 14.1 Å². The number of halogens is 1. The number of amides is 1. The Morgan fingerprint density at radius 3 is 2.36 bits per heavy atom. The summed E-state index contributed by atoms with van der Waals surface area (Å²) < 4.78 is 37.3. The standard InChI is InChI=1S/C20H25BClN5O5S/c1-20(2,3)16(12-8-9-13(22)32-12)24-18-17(25-33(30,31)26-18)23-11-7-6-10(21)14(15(11)28)19(29)27(4)5/h6-9,16,28H,21H2,1-5H3,(H,23,25)(H,24,26)/t16-/m0/s1. The van der Waals surface area contributed by atoms with Crippen LogP contribution in [0.4, 0.5) is 5.69 Å². The van der Waals surface area contributed by atoms with E-state index >= 15 is 0 Å². The molecule has 1 aliphatic heterocycles. The van der Waals surface area contributed by atoms with Crippen molar-refractivity contribution in [1.29, 1.82) is 0 Å². The zero-order valence-corrected chi connectivity index (χ0v) is 20.7. The van der Waals surface area contributed by atoms with Gasteiger partial charge in [0.05, 0.1) is 17.3 Å². The number of hydrogen-bond acceptors (Lipinski definition) is 7. The van der Waals surface area contributed by atoms with E-state index in [0.717, 1.165) is 0 Å². The van der Waals surface area contributed by atoms with Crippen molar-refractivity contribution >= 4 is 58.4 Å². The Morgan fingerprint density at radius 1 is 1.18 bits per heavy atom. The Morgan fingerprint density at radius 2 is 1.82 bits per heavy atom. The third kappa shape index (κ3) is 5.33. The summed E-state index contributed by atoms with van der Waals surface area (Å²) in [7, 11) is 0.666. The van der Waals surface area contributed by atoms with E-state index in [1.807, 2.05) is 20.8 Å². The third-order valence-corrected chi connectivity index (χ3v) is 5.95. The Balaban J connectivity index is 1.98. The van der Waals surface area contributed by atoms with Crippen molar-refractivity contribution in [3.63, 3.8) is 0 Å². The maximum Gasteiger partial charge on any atom is 0.367 e. The molecule has 3 rings (SSSR count). The molecule has 0 saturated carbocycles. The van der Waals surface area contributed by atoms with Crippen molar-refractivity contribution in [2.75, 3.05) is 19.4 Å². The molecule has 10 nitrogen and oxygen atoms in total. The number of carbonyl (C=O) groups excluding carboxylic acids is 1. The molecule has 2 aromatic rings. The van der Waals surface area contributed by atoms with Gasteiger partial charge < -0.3 is 25.1 Å². The second-order valence-electron chi connectivity index (χ2n) is 8.89. The lowest BCUT2D eigenvalue weighted by Crippen LogP contribution is -2.41. The predicted octanol–water partition coefficient (Wildman–Crippen LogP) is 1.44. The van der Waals surface area contributed by atoms with Gasteiger partial charge in [-0.3, -0.25) is 4.79 Å². The molecule has 1 aromatic heterocycles. The van der Waals surface area contributed by atoms with Crippen molar-refractivity contribution in [3.8, 4) is 5.75 Å². The van der Waals surface area contributed by atoms with Gasteiger partial charge in [0.25, 0.3) is 5.91 Å². The molecule has 0 unspecified atom stereocenters. The van der Waals surface area contributed by atoms with E-state index in [-0.39, 0.29) is 33.9 Å². The maximum atomic E-state index is 12.5. The first-order valence-corrected chi connectivity index (χ1v) is 11.8. The first-order chi connectivity index (χ1) is 15.2. The van der Waals surface area contributed by atoms with E-state index < -0.39 is 27.6 Å². The second kappa shape index (κ2) is 8.75. The lowest BCUT2D eigenvalue weighted by Gasteiger charge is -2.30. The molecular weight excluding hydrogens is 469 g/mol. The van der Waals surface area contributed by atoms with E-state index in [0.29, 0.717) is 11.2 Å². The van der Waals surface area contributed by atoms with Gasteiger partial charge in [-0.15, -0.1) is 8.80 Å². The van der Waals surface area contributed by atoms with E-state index in [1.165, 1.54) is 11.0 Å². The van der Waals surface area contributed by atoms with Crippen LogP contribution in [0.3, 0.4) is 0 Å². The van der Waals surface area contributed by atoms with Crippen LogP contribution in [0.25, 0.3) is 0 Å². The number of aromatic hydroxyl groups is 1. The number of nitrogens with one attached hydrogen (secondary N) is 2. The molecule has 13 heteroatoms. The van der Waals surface area contributed by atoms with Crippen LogP contribution in [0.1, 0.15) is 42.9 Å². The van der Waals surface area contributed by atoms with Crippen LogP contribution in [-0.4, -0.2) is 57.9 Å². The average molecular weight is 494 g/mol. The molecular formula is C20H25BClN5O5S. The molecule has 0 saturated heterocycles. The molecule has 0 bridgehead atoms. The minimum absolute atomic E-state index is 0.0668. The number of benzene rings is 1. The highest BCUT2D eigenvalue weighted by molar-refractivity contribution is 7.89. The summed E-state index contributed by atoms with van der Waals surface area (Å²) in [5.74, 6) is -0.447. The summed E-state index contributed by atoms with van der Waals surface area (Å²) in [6.45, 7) is 5.79. The van der Waals surface area contributed by atoms with E-state index in [4.69, 9.17) is 16.0 Å². The second-order valence-corrected chi connectivity index (χ2v) is 10.5. The molecule has 1 atom stereocenters. The monoisotopic (exact) mass is 493 g/mol. The molecule has 0 aliphatic carbocycles. The highest BCUT2D eigenvalue weighted by Gasteiger charge is 2.34. The molecule has 0 radical (unpaired) electrons. The number of amidine groups is 2. The molecule has 1 aromatic carbocycles. The van der Waals surface area contributed by atoms with Gasteiger partial charge in [0.1, 0.15) is 13.6 Å². The van der Waals surface area contributed by atoms with Crippen LogP contribution in [-0.2, 0) is 10.2 Å². The summed E-state index contributed by atoms with van der Waals surface area (Å²) in [6, 6.07) is 5.92. The van der Waals surface area contributed by atoms with E-state index in [9.17, 15) is 18.3 Å². The van der Waals surface area contributed by atoms with Gasteiger partial charge in [0.2, 0.25) is 0 Å². The van der Waals surface area contributed by atoms with E-state index in [1.54, 1.807) is 40.1 Å². The Kier molecular flexibility index (Phi) is 6.54. The largest absolute Gasteiger partial charge is 0.505 e. The van der Waals surface area contributed by atoms with Crippen LogP contribution in [0.15, 0.2) is 37.5 Å². The normalized spacial score (nSPS) is 16.1. The quantitative estimate of drug-likeness (QED) is 0.433. The zero-order valence-electron chi connectivity index (χ0n) is 19.1. The SMILES string of the molecule is Bc1ccc(NC2=NS(=O)(=O)N=C2N[C@@H](c2ccc(Cl)o2)C(C)(C)C)c(O)c1C(=O)N(C)C. The van der Waals surface area contributed by atoms with Crippen LogP contribution >= 0.6 is 11.6 Å². The number of furan rings is 1. The molecule has 1 amide bonds.